The summed E-state index contributed by atoms with van der Waals surface area (Å²) < 4.78 is 17.8. The average molecular weight is 265 g/mol. The normalized spacial score (nSPS) is 10.3. The number of carbonyl (C=O) groups is 1. The fourth-order valence-electron chi connectivity index (χ4n) is 1.12. The van der Waals surface area contributed by atoms with Gasteiger partial charge in [0, 0.05) is 6.07 Å². The van der Waals surface area contributed by atoms with Gasteiger partial charge in [0.15, 0.2) is 0 Å². The Morgan fingerprint density at radius 1 is 1.58 bits per heavy atom. The molecule has 1 aromatic rings. The molecule has 19 heavy (non-hydrogen) atoms. The molecule has 0 saturated heterocycles. The number of nitrogen functional groups attached to an aromatic ring is 1. The summed E-state index contributed by atoms with van der Waals surface area (Å²) in [5.41, 5.74) is 5.40. The third-order valence-corrected chi connectivity index (χ3v) is 1.81. The number of carbonyl (C=O) groups excluding carboxylic acids is 1. The fourth-order valence-corrected chi connectivity index (χ4v) is 1.12. The highest BCUT2D eigenvalue weighted by atomic mass is 19.1. The lowest BCUT2D eigenvalue weighted by atomic mass is 10.2. The molecule has 0 bridgehead atoms. The third kappa shape index (κ3) is 5.73. The highest BCUT2D eigenvalue weighted by Gasteiger charge is 2.14. The van der Waals surface area contributed by atoms with E-state index in [1.165, 1.54) is 0 Å². The van der Waals surface area contributed by atoms with Crippen LogP contribution in [0.5, 0.6) is 0 Å². The van der Waals surface area contributed by atoms with E-state index in [1.807, 2.05) is 0 Å². The maximum absolute atomic E-state index is 12.7. The first-order valence-electron chi connectivity index (χ1n) is 5.64. The van der Waals surface area contributed by atoms with Crippen molar-refractivity contribution in [1.82, 2.24) is 10.3 Å². The SMILES string of the molecule is CC(C)(C)OC(=O)NCC#Cc1ncc(F)cc1N. The van der Waals surface area contributed by atoms with Gasteiger partial charge >= 0.3 is 6.09 Å². The van der Waals surface area contributed by atoms with E-state index in [-0.39, 0.29) is 17.9 Å². The van der Waals surface area contributed by atoms with E-state index in [2.05, 4.69) is 22.1 Å². The molecule has 0 aromatic carbocycles. The zero-order valence-electron chi connectivity index (χ0n) is 11.1. The van der Waals surface area contributed by atoms with E-state index in [1.54, 1.807) is 20.8 Å². The molecule has 1 rings (SSSR count). The average Bonchev–Trinajstić information content (AvgIpc) is 2.24. The fraction of sp³-hybridized carbons (Fsp3) is 0.385. The number of nitrogens with zero attached hydrogens (tertiary/aromatic N) is 1. The molecule has 1 amide bonds. The molecule has 0 saturated carbocycles. The van der Waals surface area contributed by atoms with E-state index in [0.29, 0.717) is 0 Å². The monoisotopic (exact) mass is 265 g/mol. The van der Waals surface area contributed by atoms with Crippen molar-refractivity contribution in [3.8, 4) is 11.8 Å². The summed E-state index contributed by atoms with van der Waals surface area (Å²) in [7, 11) is 0. The highest BCUT2D eigenvalue weighted by Crippen LogP contribution is 2.08. The van der Waals surface area contributed by atoms with Gasteiger partial charge in [0.05, 0.1) is 18.4 Å². The number of rotatable bonds is 1. The van der Waals surface area contributed by atoms with E-state index in [9.17, 15) is 9.18 Å². The molecule has 6 heteroatoms. The first-order chi connectivity index (χ1) is 8.78. The number of hydrogen-bond donors (Lipinski definition) is 2. The first-order valence-corrected chi connectivity index (χ1v) is 5.64. The number of hydrogen-bond acceptors (Lipinski definition) is 4. The summed E-state index contributed by atoms with van der Waals surface area (Å²) >= 11 is 0. The van der Waals surface area contributed by atoms with Crippen LogP contribution in [0.2, 0.25) is 0 Å². The predicted octanol–water partition coefficient (Wildman–Crippen LogP) is 1.68. The van der Waals surface area contributed by atoms with Crippen LogP contribution in [-0.4, -0.2) is 23.2 Å². The predicted molar refractivity (Wildman–Crippen MR) is 69.7 cm³/mol. The molecule has 1 heterocycles. The van der Waals surface area contributed by atoms with Gasteiger partial charge in [-0.05, 0) is 26.7 Å². The molecule has 0 aliphatic rings. The van der Waals surface area contributed by atoms with E-state index in [4.69, 9.17) is 10.5 Å². The Morgan fingerprint density at radius 3 is 2.84 bits per heavy atom. The van der Waals surface area contributed by atoms with Crippen LogP contribution in [0.15, 0.2) is 12.3 Å². The second-order valence-corrected chi connectivity index (χ2v) is 4.75. The van der Waals surface area contributed by atoms with Crippen LogP contribution in [0.4, 0.5) is 14.9 Å². The minimum absolute atomic E-state index is 0.0907. The second-order valence-electron chi connectivity index (χ2n) is 4.75. The largest absolute Gasteiger partial charge is 0.444 e. The summed E-state index contributed by atoms with van der Waals surface area (Å²) in [5.74, 6) is 4.77. The number of ether oxygens (including phenoxy) is 1. The van der Waals surface area contributed by atoms with Gasteiger partial charge in [0.25, 0.3) is 0 Å². The Balaban J connectivity index is 2.50. The van der Waals surface area contributed by atoms with Crippen molar-refractivity contribution in [2.75, 3.05) is 12.3 Å². The van der Waals surface area contributed by atoms with Crippen molar-refractivity contribution >= 4 is 11.8 Å². The van der Waals surface area contributed by atoms with Crippen molar-refractivity contribution in [3.05, 3.63) is 23.8 Å². The van der Waals surface area contributed by atoms with Gasteiger partial charge in [-0.3, -0.25) is 0 Å². The van der Waals surface area contributed by atoms with Crippen molar-refractivity contribution < 1.29 is 13.9 Å². The Labute approximate surface area is 111 Å². The Bertz CT molecular complexity index is 527. The first kappa shape index (κ1) is 14.8. The van der Waals surface area contributed by atoms with E-state index < -0.39 is 17.5 Å². The molecule has 3 N–H and O–H groups in total. The molecule has 0 aliphatic heterocycles. The van der Waals surface area contributed by atoms with Crippen LogP contribution < -0.4 is 11.1 Å². The summed E-state index contributed by atoms with van der Waals surface area (Å²) in [6, 6.07) is 1.14. The van der Waals surface area contributed by atoms with Gasteiger partial charge < -0.3 is 15.8 Å². The number of pyridine rings is 1. The van der Waals surface area contributed by atoms with Crippen LogP contribution in [-0.2, 0) is 4.74 Å². The number of halogens is 1. The maximum atomic E-state index is 12.7. The van der Waals surface area contributed by atoms with Crippen LogP contribution in [0.3, 0.4) is 0 Å². The molecule has 0 fully saturated rings. The molecule has 0 aliphatic carbocycles. The summed E-state index contributed by atoms with van der Waals surface area (Å²) in [6.07, 6.45) is 0.476. The van der Waals surface area contributed by atoms with Gasteiger partial charge in [-0.15, -0.1) is 0 Å². The molecule has 0 unspecified atom stereocenters. The lowest BCUT2D eigenvalue weighted by Crippen LogP contribution is -2.32. The van der Waals surface area contributed by atoms with Crippen LogP contribution in [0.1, 0.15) is 26.5 Å². The topological polar surface area (TPSA) is 77.2 Å². The summed E-state index contributed by atoms with van der Waals surface area (Å²) in [5, 5.41) is 2.46. The van der Waals surface area contributed by atoms with Crippen LogP contribution in [0, 0.1) is 17.7 Å². The molecule has 102 valence electrons. The number of amides is 1. The van der Waals surface area contributed by atoms with Crippen molar-refractivity contribution in [3.63, 3.8) is 0 Å². The number of anilines is 1. The molecular weight excluding hydrogens is 249 g/mol. The number of alkyl carbamates (subject to hydrolysis) is 1. The molecular formula is C13H16FN3O2. The molecule has 1 aromatic heterocycles. The van der Waals surface area contributed by atoms with Crippen LogP contribution >= 0.6 is 0 Å². The minimum Gasteiger partial charge on any atom is -0.444 e. The molecule has 0 atom stereocenters. The lowest BCUT2D eigenvalue weighted by molar-refractivity contribution is 0.0535. The van der Waals surface area contributed by atoms with Gasteiger partial charge in [-0.1, -0.05) is 5.92 Å². The number of nitrogens with one attached hydrogen (secondary N) is 1. The van der Waals surface area contributed by atoms with Gasteiger partial charge in [0.1, 0.15) is 17.1 Å². The second kappa shape index (κ2) is 6.05. The summed E-state index contributed by atoms with van der Waals surface area (Å²) in [6.45, 7) is 5.39. The van der Waals surface area contributed by atoms with E-state index >= 15 is 0 Å². The van der Waals surface area contributed by atoms with Gasteiger partial charge in [0.2, 0.25) is 0 Å². The minimum atomic E-state index is -0.555. The molecule has 0 spiro atoms. The van der Waals surface area contributed by atoms with Crippen molar-refractivity contribution in [2.45, 2.75) is 26.4 Å². The Hall–Kier alpha value is -2.29. The Morgan fingerprint density at radius 2 is 2.26 bits per heavy atom. The number of nitrogens with two attached hydrogens (primary N) is 1. The molecule has 0 radical (unpaired) electrons. The highest BCUT2D eigenvalue weighted by molar-refractivity contribution is 5.68. The van der Waals surface area contributed by atoms with Gasteiger partial charge in [-0.2, -0.15) is 0 Å². The Kier molecular flexibility index (Phi) is 4.70. The van der Waals surface area contributed by atoms with Crippen molar-refractivity contribution in [2.24, 2.45) is 0 Å². The molecule has 5 nitrogen and oxygen atoms in total. The zero-order valence-corrected chi connectivity index (χ0v) is 11.1. The van der Waals surface area contributed by atoms with Crippen molar-refractivity contribution in [1.29, 1.82) is 0 Å². The summed E-state index contributed by atoms with van der Waals surface area (Å²) in [4.78, 5) is 15.0. The quantitative estimate of drug-likeness (QED) is 0.757. The van der Waals surface area contributed by atoms with Gasteiger partial charge in [-0.25, -0.2) is 14.2 Å². The zero-order chi connectivity index (χ0) is 14.5. The number of aromatic nitrogens is 1. The van der Waals surface area contributed by atoms with Crippen LogP contribution in [0.25, 0.3) is 0 Å². The maximum Gasteiger partial charge on any atom is 0.408 e. The lowest BCUT2D eigenvalue weighted by Gasteiger charge is -2.18. The third-order valence-electron chi connectivity index (χ3n) is 1.81. The smallest absolute Gasteiger partial charge is 0.408 e. The van der Waals surface area contributed by atoms with E-state index in [0.717, 1.165) is 12.3 Å². The standard InChI is InChI=1S/C13H16FN3O2/c1-13(2,3)19-12(18)16-6-4-5-11-10(15)7-9(14)8-17-11/h7-8H,6,15H2,1-3H3,(H,16,18).